The number of imidazole rings is 1. The Morgan fingerprint density at radius 2 is 2.39 bits per heavy atom. The molecule has 3 aromatic rings. The van der Waals surface area contributed by atoms with Crippen LogP contribution in [0.5, 0.6) is 0 Å². The number of amides is 1. The molecular formula is C16H16N4O2S. The normalized spacial score (nSPS) is 17.0. The zero-order valence-corrected chi connectivity index (χ0v) is 13.5. The van der Waals surface area contributed by atoms with Gasteiger partial charge in [-0.05, 0) is 25.5 Å². The molecule has 118 valence electrons. The van der Waals surface area contributed by atoms with Gasteiger partial charge in [0.2, 0.25) is 0 Å². The number of fused-ring (bicyclic) bond motifs is 1. The third-order valence-electron chi connectivity index (χ3n) is 3.96. The molecule has 4 rings (SSSR count). The largest absolute Gasteiger partial charge is 0.459 e. The van der Waals surface area contributed by atoms with E-state index in [4.69, 9.17) is 4.42 Å². The number of carbonyl (C=O) groups excluding carboxylic acids is 1. The van der Waals surface area contributed by atoms with Crippen LogP contribution in [0.15, 0.2) is 34.3 Å². The molecule has 1 aliphatic rings. The van der Waals surface area contributed by atoms with Crippen LogP contribution in [0.1, 0.15) is 28.5 Å². The Labute approximate surface area is 137 Å². The van der Waals surface area contributed by atoms with Crippen LogP contribution in [0.3, 0.4) is 0 Å². The highest BCUT2D eigenvalue weighted by molar-refractivity contribution is 7.13. The third kappa shape index (κ3) is 2.79. The van der Waals surface area contributed by atoms with Gasteiger partial charge in [0.15, 0.2) is 10.8 Å². The first-order chi connectivity index (χ1) is 11.2. The first kappa shape index (κ1) is 14.2. The maximum absolute atomic E-state index is 12.4. The minimum Gasteiger partial charge on any atom is -0.459 e. The molecule has 7 heteroatoms. The summed E-state index contributed by atoms with van der Waals surface area (Å²) in [6.07, 6.45) is 5.54. The van der Waals surface area contributed by atoms with Gasteiger partial charge in [-0.15, -0.1) is 11.3 Å². The lowest BCUT2D eigenvalue weighted by Gasteiger charge is -2.24. The molecule has 1 amide bonds. The Hall–Kier alpha value is -2.41. The summed E-state index contributed by atoms with van der Waals surface area (Å²) in [5.41, 5.74) is 0.440. The first-order valence-electron chi connectivity index (χ1n) is 7.52. The number of thiazole rings is 1. The van der Waals surface area contributed by atoms with Crippen molar-refractivity contribution in [1.29, 1.82) is 0 Å². The van der Waals surface area contributed by atoms with Gasteiger partial charge in [-0.1, -0.05) is 0 Å². The van der Waals surface area contributed by atoms with Crippen LogP contribution in [0.4, 0.5) is 0 Å². The molecule has 0 spiro atoms. The summed E-state index contributed by atoms with van der Waals surface area (Å²) >= 11 is 1.42. The van der Waals surface area contributed by atoms with Crippen molar-refractivity contribution in [3.63, 3.8) is 0 Å². The number of carbonyl (C=O) groups is 1. The van der Waals surface area contributed by atoms with Crippen LogP contribution in [0.2, 0.25) is 0 Å². The number of nitrogens with zero attached hydrogens (tertiary/aromatic N) is 3. The van der Waals surface area contributed by atoms with Gasteiger partial charge in [-0.2, -0.15) is 0 Å². The van der Waals surface area contributed by atoms with E-state index >= 15 is 0 Å². The van der Waals surface area contributed by atoms with Gasteiger partial charge in [-0.3, -0.25) is 4.79 Å². The molecule has 6 nitrogen and oxygen atoms in total. The molecule has 3 aromatic heterocycles. The minimum absolute atomic E-state index is 0.111. The van der Waals surface area contributed by atoms with E-state index in [1.54, 1.807) is 11.6 Å². The zero-order valence-electron chi connectivity index (χ0n) is 12.7. The fraction of sp³-hybridized carbons (Fsp3) is 0.312. The Morgan fingerprint density at radius 3 is 3.22 bits per heavy atom. The molecule has 1 atom stereocenters. The minimum atomic E-state index is -0.135. The standard InChI is InChI=1S/C16H16N4O2S/c1-10-2-4-13(22-10)16-19-12(9-23-16)15(21)18-11-3-5-14-17-6-7-20(14)8-11/h2,4,6-7,9,11H,3,5,8H2,1H3,(H,18,21)/t11-/m0/s1. The number of aryl methyl sites for hydroxylation is 2. The van der Waals surface area contributed by atoms with Gasteiger partial charge in [0.05, 0.1) is 0 Å². The fourth-order valence-corrected chi connectivity index (χ4v) is 3.54. The number of hydrogen-bond donors (Lipinski definition) is 1. The molecule has 0 fully saturated rings. The smallest absolute Gasteiger partial charge is 0.271 e. The molecule has 0 unspecified atom stereocenters. The second-order valence-electron chi connectivity index (χ2n) is 5.65. The van der Waals surface area contributed by atoms with Gasteiger partial charge < -0.3 is 14.3 Å². The molecular weight excluding hydrogens is 312 g/mol. The highest BCUT2D eigenvalue weighted by atomic mass is 32.1. The van der Waals surface area contributed by atoms with Crippen molar-refractivity contribution in [2.45, 2.75) is 32.4 Å². The van der Waals surface area contributed by atoms with Crippen LogP contribution in [0.25, 0.3) is 10.8 Å². The van der Waals surface area contributed by atoms with Gasteiger partial charge in [0.25, 0.3) is 5.91 Å². The molecule has 0 saturated carbocycles. The predicted molar refractivity (Wildman–Crippen MR) is 86.4 cm³/mol. The predicted octanol–water partition coefficient (Wildman–Crippen LogP) is 2.65. The molecule has 1 N–H and O–H groups in total. The third-order valence-corrected chi connectivity index (χ3v) is 4.82. The summed E-state index contributed by atoms with van der Waals surface area (Å²) in [6.45, 7) is 2.65. The zero-order chi connectivity index (χ0) is 15.8. The fourth-order valence-electron chi connectivity index (χ4n) is 2.78. The van der Waals surface area contributed by atoms with Gasteiger partial charge in [-0.25, -0.2) is 9.97 Å². The van der Waals surface area contributed by atoms with E-state index in [0.717, 1.165) is 36.0 Å². The Bertz CT molecular complexity index is 848. The second kappa shape index (κ2) is 5.66. The van der Waals surface area contributed by atoms with E-state index < -0.39 is 0 Å². The monoisotopic (exact) mass is 328 g/mol. The van der Waals surface area contributed by atoms with E-state index in [1.165, 1.54) is 11.3 Å². The lowest BCUT2D eigenvalue weighted by Crippen LogP contribution is -2.41. The number of nitrogens with one attached hydrogen (secondary N) is 1. The van der Waals surface area contributed by atoms with Crippen molar-refractivity contribution in [2.75, 3.05) is 0 Å². The lowest BCUT2D eigenvalue weighted by atomic mass is 10.1. The van der Waals surface area contributed by atoms with Crippen molar-refractivity contribution in [3.05, 3.63) is 47.2 Å². The van der Waals surface area contributed by atoms with Crippen LogP contribution in [-0.4, -0.2) is 26.5 Å². The van der Waals surface area contributed by atoms with Crippen molar-refractivity contribution >= 4 is 17.2 Å². The maximum atomic E-state index is 12.4. The quantitative estimate of drug-likeness (QED) is 0.802. The molecule has 0 saturated heterocycles. The van der Waals surface area contributed by atoms with E-state index in [9.17, 15) is 4.79 Å². The average Bonchev–Trinajstić information content (AvgIpc) is 3.26. The second-order valence-corrected chi connectivity index (χ2v) is 6.51. The molecule has 0 bridgehead atoms. The Balaban J connectivity index is 1.45. The van der Waals surface area contributed by atoms with E-state index in [2.05, 4.69) is 19.9 Å². The SMILES string of the molecule is Cc1ccc(-c2nc(C(=O)N[C@H]3CCc4nccn4C3)cs2)o1. The molecule has 0 aromatic carbocycles. The molecule has 23 heavy (non-hydrogen) atoms. The van der Waals surface area contributed by atoms with Crippen LogP contribution >= 0.6 is 11.3 Å². The van der Waals surface area contributed by atoms with E-state index in [0.29, 0.717) is 11.5 Å². The maximum Gasteiger partial charge on any atom is 0.271 e. The first-order valence-corrected chi connectivity index (χ1v) is 8.40. The molecule has 0 aliphatic carbocycles. The summed E-state index contributed by atoms with van der Waals surface area (Å²) in [4.78, 5) is 21.1. The van der Waals surface area contributed by atoms with Crippen molar-refractivity contribution in [3.8, 4) is 10.8 Å². The Morgan fingerprint density at radius 1 is 1.48 bits per heavy atom. The topological polar surface area (TPSA) is 73.0 Å². The summed E-state index contributed by atoms with van der Waals surface area (Å²) in [7, 11) is 0. The number of rotatable bonds is 3. The lowest BCUT2D eigenvalue weighted by molar-refractivity contribution is 0.0923. The van der Waals surface area contributed by atoms with Crippen molar-refractivity contribution < 1.29 is 9.21 Å². The summed E-state index contributed by atoms with van der Waals surface area (Å²) in [6, 6.07) is 3.87. The van der Waals surface area contributed by atoms with Gasteiger partial charge >= 0.3 is 0 Å². The van der Waals surface area contributed by atoms with E-state index in [1.807, 2.05) is 25.3 Å². The van der Waals surface area contributed by atoms with Crippen molar-refractivity contribution in [2.24, 2.45) is 0 Å². The molecule has 4 heterocycles. The highest BCUT2D eigenvalue weighted by Gasteiger charge is 2.22. The van der Waals surface area contributed by atoms with Gasteiger partial charge in [0.1, 0.15) is 17.3 Å². The average molecular weight is 328 g/mol. The van der Waals surface area contributed by atoms with Crippen LogP contribution < -0.4 is 5.32 Å². The number of furan rings is 1. The molecule has 1 aliphatic heterocycles. The van der Waals surface area contributed by atoms with Crippen LogP contribution in [0, 0.1) is 6.92 Å². The highest BCUT2D eigenvalue weighted by Crippen LogP contribution is 2.25. The molecule has 0 radical (unpaired) electrons. The van der Waals surface area contributed by atoms with E-state index in [-0.39, 0.29) is 11.9 Å². The summed E-state index contributed by atoms with van der Waals surface area (Å²) < 4.78 is 7.64. The Kier molecular flexibility index (Phi) is 3.49. The van der Waals surface area contributed by atoms with Gasteiger partial charge in [0, 0.05) is 36.8 Å². The van der Waals surface area contributed by atoms with Crippen molar-refractivity contribution in [1.82, 2.24) is 19.9 Å². The number of aromatic nitrogens is 3. The van der Waals surface area contributed by atoms with Crippen LogP contribution in [-0.2, 0) is 13.0 Å². The number of hydrogen-bond acceptors (Lipinski definition) is 5. The summed E-state index contributed by atoms with van der Waals surface area (Å²) in [5.74, 6) is 2.48. The summed E-state index contributed by atoms with van der Waals surface area (Å²) in [5, 5.41) is 5.56.